The number of nitrogens with zero attached hydrogens (tertiary/aromatic N) is 2. The van der Waals surface area contributed by atoms with Crippen molar-refractivity contribution in [3.63, 3.8) is 0 Å². The highest BCUT2D eigenvalue weighted by Crippen LogP contribution is 2.52. The summed E-state index contributed by atoms with van der Waals surface area (Å²) in [4.78, 5) is 36.5. The minimum Gasteiger partial charge on any atom is -0.479 e. The van der Waals surface area contributed by atoms with Gasteiger partial charge in [-0.2, -0.15) is 10.1 Å². The van der Waals surface area contributed by atoms with E-state index in [2.05, 4.69) is 22.0 Å². The van der Waals surface area contributed by atoms with Crippen LogP contribution in [0.4, 0.5) is 0 Å². The van der Waals surface area contributed by atoms with Crippen molar-refractivity contribution in [1.82, 2.24) is 5.01 Å². The molecule has 0 radical (unpaired) electrons. The molecule has 5 unspecified atom stereocenters. The molecule has 1 saturated heterocycles. The Morgan fingerprint density at radius 2 is 1.74 bits per heavy atom. The number of amides is 2. The number of carbonyl (C=O) groups excluding carboxylic acids is 3. The second kappa shape index (κ2) is 6.64. The van der Waals surface area contributed by atoms with E-state index in [0.717, 1.165) is 11.4 Å². The van der Waals surface area contributed by atoms with Crippen LogP contribution in [0.5, 0.6) is 5.75 Å². The van der Waals surface area contributed by atoms with Crippen molar-refractivity contribution >= 4 is 24.0 Å². The summed E-state index contributed by atoms with van der Waals surface area (Å²) in [5.74, 6) is -0.513. The molecule has 140 valence electrons. The zero-order valence-electron chi connectivity index (χ0n) is 15.1. The lowest BCUT2D eigenvalue weighted by Gasteiger charge is -2.13. The predicted molar refractivity (Wildman–Crippen MR) is 95.7 cm³/mol. The molecule has 1 saturated carbocycles. The van der Waals surface area contributed by atoms with Crippen LogP contribution in [-0.2, 0) is 19.1 Å². The van der Waals surface area contributed by atoms with Crippen molar-refractivity contribution in [3.05, 3.63) is 42.0 Å². The number of benzene rings is 1. The summed E-state index contributed by atoms with van der Waals surface area (Å²) in [6, 6.07) is 6.85. The number of hydrogen-bond acceptors (Lipinski definition) is 6. The average molecular weight is 368 g/mol. The molecule has 0 spiro atoms. The molecule has 7 nitrogen and oxygen atoms in total. The van der Waals surface area contributed by atoms with Gasteiger partial charge in [-0.05, 0) is 55.0 Å². The summed E-state index contributed by atoms with van der Waals surface area (Å²) in [5.41, 5.74) is 0.715. The number of fused-ring (bicyclic) bond motifs is 5. The van der Waals surface area contributed by atoms with Crippen LogP contribution >= 0.6 is 0 Å². The van der Waals surface area contributed by atoms with Crippen LogP contribution in [-0.4, -0.2) is 42.2 Å². The van der Waals surface area contributed by atoms with Crippen LogP contribution < -0.4 is 4.74 Å². The maximum atomic E-state index is 12.6. The second-order valence-electron chi connectivity index (χ2n) is 7.09. The lowest BCUT2D eigenvalue weighted by molar-refractivity contribution is -0.148. The number of esters is 1. The summed E-state index contributed by atoms with van der Waals surface area (Å²) in [6.45, 7) is 1.60. The quantitative estimate of drug-likeness (QED) is 0.342. The SMILES string of the molecule is COC(=O)C(C)Oc1ccc(C=NN2C(=O)C3C4C=CC(C4)C3C2=O)cc1. The van der Waals surface area contributed by atoms with Gasteiger partial charge in [0, 0.05) is 0 Å². The standard InChI is InChI=1S/C20H20N2O5/c1-11(20(25)26-2)27-15-7-3-12(4-8-15)10-21-22-18(23)16-13-5-6-14(9-13)17(16)19(22)24/h3-8,10-11,13-14,16-17H,9H2,1-2H3. The van der Waals surface area contributed by atoms with E-state index in [1.54, 1.807) is 31.2 Å². The van der Waals surface area contributed by atoms with E-state index in [9.17, 15) is 14.4 Å². The van der Waals surface area contributed by atoms with Gasteiger partial charge in [0.1, 0.15) is 5.75 Å². The number of hydrazone groups is 1. The normalized spacial score (nSPS) is 29.5. The van der Waals surface area contributed by atoms with Gasteiger partial charge in [0.2, 0.25) is 0 Å². The molecular weight excluding hydrogens is 348 g/mol. The second-order valence-corrected chi connectivity index (χ2v) is 7.09. The first-order valence-electron chi connectivity index (χ1n) is 8.94. The Balaban J connectivity index is 1.42. The number of carbonyl (C=O) groups is 3. The van der Waals surface area contributed by atoms with Gasteiger partial charge < -0.3 is 9.47 Å². The van der Waals surface area contributed by atoms with Gasteiger partial charge in [-0.3, -0.25) is 9.59 Å². The predicted octanol–water partition coefficient (Wildman–Crippen LogP) is 1.77. The first-order chi connectivity index (χ1) is 13.0. The van der Waals surface area contributed by atoms with Crippen LogP contribution in [0.25, 0.3) is 0 Å². The molecule has 1 aliphatic heterocycles. The van der Waals surface area contributed by atoms with Crippen molar-refractivity contribution in [3.8, 4) is 5.75 Å². The van der Waals surface area contributed by atoms with Crippen molar-refractivity contribution < 1.29 is 23.9 Å². The third-order valence-corrected chi connectivity index (χ3v) is 5.50. The molecule has 4 rings (SSSR count). The average Bonchev–Trinajstić information content (AvgIpc) is 3.35. The minimum absolute atomic E-state index is 0.171. The summed E-state index contributed by atoms with van der Waals surface area (Å²) in [5, 5.41) is 5.15. The number of imide groups is 1. The maximum Gasteiger partial charge on any atom is 0.346 e. The van der Waals surface area contributed by atoms with E-state index in [1.165, 1.54) is 13.3 Å². The van der Waals surface area contributed by atoms with Gasteiger partial charge in [-0.15, -0.1) is 0 Å². The Morgan fingerprint density at radius 1 is 1.15 bits per heavy atom. The zero-order chi connectivity index (χ0) is 19.1. The molecule has 1 aromatic rings. The number of hydrogen-bond donors (Lipinski definition) is 0. The monoisotopic (exact) mass is 368 g/mol. The molecule has 27 heavy (non-hydrogen) atoms. The van der Waals surface area contributed by atoms with Crippen LogP contribution in [0.3, 0.4) is 0 Å². The highest BCUT2D eigenvalue weighted by molar-refractivity contribution is 6.06. The highest BCUT2D eigenvalue weighted by atomic mass is 16.6. The smallest absolute Gasteiger partial charge is 0.346 e. The largest absolute Gasteiger partial charge is 0.479 e. The molecule has 5 atom stereocenters. The third kappa shape index (κ3) is 2.93. The summed E-state index contributed by atoms with van der Waals surface area (Å²) in [6.07, 6.45) is 5.78. The number of allylic oxidation sites excluding steroid dienone is 2. The van der Waals surface area contributed by atoms with Crippen LogP contribution in [0.1, 0.15) is 18.9 Å². The van der Waals surface area contributed by atoms with E-state index in [1.807, 2.05) is 0 Å². The van der Waals surface area contributed by atoms with E-state index >= 15 is 0 Å². The van der Waals surface area contributed by atoms with E-state index in [4.69, 9.17) is 4.74 Å². The van der Waals surface area contributed by atoms with E-state index < -0.39 is 12.1 Å². The third-order valence-electron chi connectivity index (χ3n) is 5.50. The molecule has 1 heterocycles. The Hall–Kier alpha value is -2.96. The van der Waals surface area contributed by atoms with Gasteiger partial charge in [-0.25, -0.2) is 4.79 Å². The number of ether oxygens (including phenoxy) is 2. The Labute approximate surface area is 156 Å². The lowest BCUT2D eigenvalue weighted by Crippen LogP contribution is -2.28. The van der Waals surface area contributed by atoms with Gasteiger partial charge >= 0.3 is 5.97 Å². The van der Waals surface area contributed by atoms with Gasteiger partial charge in [-0.1, -0.05) is 12.2 Å². The fourth-order valence-corrected chi connectivity index (χ4v) is 4.18. The minimum atomic E-state index is -0.710. The maximum absolute atomic E-state index is 12.6. The topological polar surface area (TPSA) is 85.3 Å². The van der Waals surface area contributed by atoms with Gasteiger partial charge in [0.15, 0.2) is 6.10 Å². The molecule has 2 amide bonds. The van der Waals surface area contributed by atoms with Crippen molar-refractivity contribution in [2.24, 2.45) is 28.8 Å². The lowest BCUT2D eigenvalue weighted by atomic mass is 9.85. The van der Waals surface area contributed by atoms with Crippen molar-refractivity contribution in [2.45, 2.75) is 19.4 Å². The first-order valence-corrected chi connectivity index (χ1v) is 8.94. The molecule has 1 aromatic carbocycles. The molecular formula is C20H20N2O5. The molecule has 2 bridgehead atoms. The Kier molecular flexibility index (Phi) is 4.30. The zero-order valence-corrected chi connectivity index (χ0v) is 15.1. The fraction of sp³-hybridized carbons (Fsp3) is 0.400. The number of methoxy groups -OCH3 is 1. The molecule has 2 aliphatic carbocycles. The van der Waals surface area contributed by atoms with E-state index in [-0.39, 0.29) is 35.5 Å². The molecule has 3 aliphatic rings. The molecule has 0 N–H and O–H groups in total. The van der Waals surface area contributed by atoms with Crippen LogP contribution in [0.2, 0.25) is 0 Å². The molecule has 0 aromatic heterocycles. The Morgan fingerprint density at radius 3 is 2.30 bits per heavy atom. The molecule has 7 heteroatoms. The van der Waals surface area contributed by atoms with Gasteiger partial charge in [0.05, 0.1) is 25.2 Å². The first kappa shape index (κ1) is 17.5. The number of rotatable bonds is 5. The van der Waals surface area contributed by atoms with Crippen molar-refractivity contribution in [2.75, 3.05) is 7.11 Å². The highest BCUT2D eigenvalue weighted by Gasteiger charge is 2.59. The Bertz CT molecular complexity index is 814. The van der Waals surface area contributed by atoms with Crippen LogP contribution in [0, 0.1) is 23.7 Å². The summed E-state index contributed by atoms with van der Waals surface area (Å²) >= 11 is 0. The van der Waals surface area contributed by atoms with Crippen molar-refractivity contribution in [1.29, 1.82) is 0 Å². The molecule has 2 fully saturated rings. The van der Waals surface area contributed by atoms with Crippen LogP contribution in [0.15, 0.2) is 41.5 Å². The summed E-state index contributed by atoms with van der Waals surface area (Å²) < 4.78 is 10.1. The fourth-order valence-electron chi connectivity index (χ4n) is 4.18. The summed E-state index contributed by atoms with van der Waals surface area (Å²) in [7, 11) is 1.30. The van der Waals surface area contributed by atoms with Gasteiger partial charge in [0.25, 0.3) is 11.8 Å². The van der Waals surface area contributed by atoms with E-state index in [0.29, 0.717) is 11.3 Å².